The minimum Gasteiger partial charge on any atom is -0.480 e. The van der Waals surface area contributed by atoms with Gasteiger partial charge in [0.05, 0.1) is 0 Å². The smallest absolute Gasteiger partial charge is 0.323 e. The molecule has 0 saturated carbocycles. The summed E-state index contributed by atoms with van der Waals surface area (Å²) in [5, 5.41) is 13.0. The molecule has 0 radical (unpaired) electrons. The van der Waals surface area contributed by atoms with E-state index in [1.54, 1.807) is 0 Å². The molecular formula is C17H18N2O4. The molecule has 0 spiro atoms. The summed E-state index contributed by atoms with van der Waals surface area (Å²) < 4.78 is 5.27. The van der Waals surface area contributed by atoms with Crippen molar-refractivity contribution >= 4 is 11.9 Å². The van der Waals surface area contributed by atoms with Crippen LogP contribution in [0.5, 0.6) is 0 Å². The first-order chi connectivity index (χ1) is 11.1. The van der Waals surface area contributed by atoms with E-state index in [2.05, 4.69) is 5.16 Å². The van der Waals surface area contributed by atoms with Gasteiger partial charge in [0.2, 0.25) is 0 Å². The molecule has 0 saturated heterocycles. The number of carboxylic acid groups (broad SMARTS) is 1. The van der Waals surface area contributed by atoms with E-state index < -0.39 is 5.97 Å². The fourth-order valence-corrected chi connectivity index (χ4v) is 2.87. The molecule has 1 aromatic heterocycles. The summed E-state index contributed by atoms with van der Waals surface area (Å²) in [7, 11) is 0. The summed E-state index contributed by atoms with van der Waals surface area (Å²) in [6.45, 7) is -0.136. The van der Waals surface area contributed by atoms with Crippen LogP contribution in [-0.2, 0) is 24.2 Å². The Balaban J connectivity index is 1.85. The second kappa shape index (κ2) is 6.64. The third-order valence-corrected chi connectivity index (χ3v) is 3.98. The van der Waals surface area contributed by atoms with E-state index in [1.807, 2.05) is 30.3 Å². The molecule has 1 aliphatic carbocycles. The number of hydrogen-bond acceptors (Lipinski definition) is 4. The lowest BCUT2D eigenvalue weighted by Gasteiger charge is -2.20. The average Bonchev–Trinajstić information content (AvgIpc) is 2.98. The lowest BCUT2D eigenvalue weighted by Crippen LogP contribution is -2.36. The number of aryl methyl sites for hydroxylation is 1. The first-order valence-corrected chi connectivity index (χ1v) is 7.67. The highest BCUT2D eigenvalue weighted by Gasteiger charge is 2.28. The van der Waals surface area contributed by atoms with E-state index >= 15 is 0 Å². The highest BCUT2D eigenvalue weighted by Crippen LogP contribution is 2.25. The number of aromatic nitrogens is 1. The van der Waals surface area contributed by atoms with Gasteiger partial charge in [-0.25, -0.2) is 0 Å². The molecule has 1 N–H and O–H groups in total. The molecule has 0 aliphatic heterocycles. The molecule has 0 atom stereocenters. The molecule has 0 fully saturated rings. The fraction of sp³-hybridized carbons (Fsp3) is 0.353. The highest BCUT2D eigenvalue weighted by atomic mass is 16.5. The Labute approximate surface area is 133 Å². The van der Waals surface area contributed by atoms with Gasteiger partial charge >= 0.3 is 5.97 Å². The summed E-state index contributed by atoms with van der Waals surface area (Å²) in [4.78, 5) is 25.2. The van der Waals surface area contributed by atoms with Crippen LogP contribution in [0.2, 0.25) is 0 Å². The van der Waals surface area contributed by atoms with Crippen LogP contribution in [0.1, 0.15) is 40.2 Å². The number of amides is 1. The Kier molecular flexibility index (Phi) is 4.41. The van der Waals surface area contributed by atoms with E-state index in [0.29, 0.717) is 0 Å². The van der Waals surface area contributed by atoms with Crippen LogP contribution in [0.3, 0.4) is 0 Å². The number of carbonyl (C=O) groups is 2. The van der Waals surface area contributed by atoms with Crippen LogP contribution in [0, 0.1) is 0 Å². The monoisotopic (exact) mass is 314 g/mol. The van der Waals surface area contributed by atoms with E-state index in [1.165, 1.54) is 4.90 Å². The molecule has 6 heteroatoms. The van der Waals surface area contributed by atoms with E-state index in [9.17, 15) is 9.59 Å². The number of fused-ring (bicyclic) bond motifs is 1. The number of carbonyl (C=O) groups excluding carboxylic acids is 1. The molecule has 3 rings (SSSR count). The van der Waals surface area contributed by atoms with Crippen molar-refractivity contribution in [1.82, 2.24) is 10.1 Å². The first kappa shape index (κ1) is 15.3. The van der Waals surface area contributed by atoms with Crippen molar-refractivity contribution in [2.75, 3.05) is 6.54 Å². The van der Waals surface area contributed by atoms with Crippen molar-refractivity contribution < 1.29 is 19.2 Å². The van der Waals surface area contributed by atoms with Gasteiger partial charge in [-0.3, -0.25) is 9.59 Å². The third-order valence-electron chi connectivity index (χ3n) is 3.98. The summed E-state index contributed by atoms with van der Waals surface area (Å²) in [5.74, 6) is -0.676. The molecule has 2 aromatic rings. The fourth-order valence-electron chi connectivity index (χ4n) is 2.87. The minimum atomic E-state index is -1.05. The largest absolute Gasteiger partial charge is 0.480 e. The van der Waals surface area contributed by atoms with Gasteiger partial charge in [0.15, 0.2) is 5.69 Å². The number of aliphatic carboxylic acids is 1. The van der Waals surface area contributed by atoms with Gasteiger partial charge in [0.1, 0.15) is 12.3 Å². The van der Waals surface area contributed by atoms with Gasteiger partial charge < -0.3 is 14.5 Å². The Morgan fingerprint density at radius 3 is 2.65 bits per heavy atom. The topological polar surface area (TPSA) is 83.6 Å². The standard InChI is InChI=1S/C17H18N2O4/c20-15(21)11-19(10-12-6-2-1-3-7-12)17(22)16-13-8-4-5-9-14(13)23-18-16/h1-3,6-7H,4-5,8-11H2,(H,20,21). The summed E-state index contributed by atoms with van der Waals surface area (Å²) in [5.41, 5.74) is 1.97. The van der Waals surface area contributed by atoms with Gasteiger partial charge in [0, 0.05) is 18.5 Å². The Morgan fingerprint density at radius 2 is 1.91 bits per heavy atom. The molecule has 6 nitrogen and oxygen atoms in total. The van der Waals surface area contributed by atoms with Crippen molar-refractivity contribution in [3.8, 4) is 0 Å². The van der Waals surface area contributed by atoms with Crippen molar-refractivity contribution in [2.24, 2.45) is 0 Å². The van der Waals surface area contributed by atoms with E-state index in [-0.39, 0.29) is 24.7 Å². The maximum atomic E-state index is 12.8. The second-order valence-electron chi connectivity index (χ2n) is 5.68. The lowest BCUT2D eigenvalue weighted by molar-refractivity contribution is -0.137. The van der Waals surface area contributed by atoms with Crippen molar-refractivity contribution in [1.29, 1.82) is 0 Å². The Hall–Kier alpha value is -2.63. The number of benzene rings is 1. The Bertz CT molecular complexity index is 709. The second-order valence-corrected chi connectivity index (χ2v) is 5.68. The van der Waals surface area contributed by atoms with Gasteiger partial charge in [-0.15, -0.1) is 0 Å². The van der Waals surface area contributed by atoms with Gasteiger partial charge in [-0.05, 0) is 24.8 Å². The average molecular weight is 314 g/mol. The molecule has 1 heterocycles. The maximum Gasteiger partial charge on any atom is 0.323 e. The van der Waals surface area contributed by atoms with Crippen LogP contribution in [0.4, 0.5) is 0 Å². The molecule has 1 amide bonds. The number of rotatable bonds is 5. The van der Waals surface area contributed by atoms with Crippen molar-refractivity contribution in [2.45, 2.75) is 32.2 Å². The zero-order valence-electron chi connectivity index (χ0n) is 12.7. The Morgan fingerprint density at radius 1 is 1.17 bits per heavy atom. The number of hydrogen-bond donors (Lipinski definition) is 1. The molecular weight excluding hydrogens is 296 g/mol. The first-order valence-electron chi connectivity index (χ1n) is 7.67. The van der Waals surface area contributed by atoms with E-state index in [0.717, 1.165) is 42.6 Å². The minimum absolute atomic E-state index is 0.230. The SMILES string of the molecule is O=C(O)CN(Cc1ccccc1)C(=O)c1noc2c1CCCC2. The van der Waals surface area contributed by atoms with E-state index in [4.69, 9.17) is 9.63 Å². The highest BCUT2D eigenvalue weighted by molar-refractivity contribution is 5.95. The predicted octanol–water partition coefficient (Wildman–Crippen LogP) is 2.28. The van der Waals surface area contributed by atoms with Crippen LogP contribution in [0.25, 0.3) is 0 Å². The number of carboxylic acids is 1. The van der Waals surface area contributed by atoms with Gasteiger partial charge in [0.25, 0.3) is 5.91 Å². The summed E-state index contributed by atoms with van der Waals surface area (Å²) >= 11 is 0. The summed E-state index contributed by atoms with van der Waals surface area (Å²) in [6.07, 6.45) is 3.56. The third kappa shape index (κ3) is 3.41. The quantitative estimate of drug-likeness (QED) is 0.915. The predicted molar refractivity (Wildman–Crippen MR) is 82.0 cm³/mol. The van der Waals surface area contributed by atoms with Crippen molar-refractivity contribution in [3.05, 3.63) is 52.9 Å². The summed E-state index contributed by atoms with van der Waals surface area (Å²) in [6, 6.07) is 9.31. The van der Waals surface area contributed by atoms with Crippen LogP contribution < -0.4 is 0 Å². The maximum absolute atomic E-state index is 12.8. The normalized spacial score (nSPS) is 13.4. The van der Waals surface area contributed by atoms with Crippen LogP contribution >= 0.6 is 0 Å². The van der Waals surface area contributed by atoms with Gasteiger partial charge in [-0.1, -0.05) is 35.5 Å². The molecule has 0 unspecified atom stereocenters. The molecule has 120 valence electrons. The zero-order chi connectivity index (χ0) is 16.2. The van der Waals surface area contributed by atoms with Crippen molar-refractivity contribution in [3.63, 3.8) is 0 Å². The molecule has 0 bridgehead atoms. The number of nitrogens with zero attached hydrogens (tertiary/aromatic N) is 2. The van der Waals surface area contributed by atoms with Crippen LogP contribution in [-0.4, -0.2) is 33.6 Å². The molecule has 1 aromatic carbocycles. The molecule has 23 heavy (non-hydrogen) atoms. The lowest BCUT2D eigenvalue weighted by atomic mass is 9.96. The molecule has 1 aliphatic rings. The van der Waals surface area contributed by atoms with Gasteiger partial charge in [-0.2, -0.15) is 0 Å². The zero-order valence-corrected chi connectivity index (χ0v) is 12.7. The van der Waals surface area contributed by atoms with Crippen LogP contribution in [0.15, 0.2) is 34.9 Å².